The SMILES string of the molecule is COc1cc(CNC(=O)C2CCCCN2)cc(Br)c1OC.Cl. The average molecular weight is 394 g/mol. The quantitative estimate of drug-likeness (QED) is 0.807. The van der Waals surface area contributed by atoms with Gasteiger partial charge in [-0.2, -0.15) is 0 Å². The Kier molecular flexibility index (Phi) is 8.00. The highest BCUT2D eigenvalue weighted by atomic mass is 79.9. The summed E-state index contributed by atoms with van der Waals surface area (Å²) in [6, 6.07) is 3.73. The molecule has 0 spiro atoms. The first-order chi connectivity index (χ1) is 10.2. The second-order valence-electron chi connectivity index (χ2n) is 5.03. The van der Waals surface area contributed by atoms with Crippen LogP contribution in [-0.2, 0) is 11.3 Å². The summed E-state index contributed by atoms with van der Waals surface area (Å²) in [5, 5.41) is 6.21. The monoisotopic (exact) mass is 392 g/mol. The summed E-state index contributed by atoms with van der Waals surface area (Å²) in [6.07, 6.45) is 3.15. The van der Waals surface area contributed by atoms with Crippen LogP contribution in [0.2, 0.25) is 0 Å². The Balaban J connectivity index is 0.00000242. The third kappa shape index (κ3) is 4.76. The van der Waals surface area contributed by atoms with Crippen LogP contribution in [0.25, 0.3) is 0 Å². The fraction of sp³-hybridized carbons (Fsp3) is 0.533. The van der Waals surface area contributed by atoms with Crippen molar-refractivity contribution in [3.8, 4) is 11.5 Å². The van der Waals surface area contributed by atoms with Crippen LogP contribution in [0.1, 0.15) is 24.8 Å². The Morgan fingerprint density at radius 2 is 2.14 bits per heavy atom. The molecule has 5 nitrogen and oxygen atoms in total. The highest BCUT2D eigenvalue weighted by Gasteiger charge is 2.20. The number of ether oxygens (including phenoxy) is 2. The molecule has 1 aliphatic rings. The smallest absolute Gasteiger partial charge is 0.237 e. The molecule has 1 amide bonds. The standard InChI is InChI=1S/C15H21BrN2O3.ClH/c1-20-13-8-10(7-11(16)14(13)21-2)9-18-15(19)12-5-3-4-6-17-12;/h7-8,12,17H,3-6,9H2,1-2H3,(H,18,19);1H. The topological polar surface area (TPSA) is 59.6 Å². The van der Waals surface area contributed by atoms with Crippen LogP contribution >= 0.6 is 28.3 Å². The second-order valence-corrected chi connectivity index (χ2v) is 5.89. The zero-order chi connectivity index (χ0) is 15.2. The molecule has 2 N–H and O–H groups in total. The number of halogens is 2. The lowest BCUT2D eigenvalue weighted by Gasteiger charge is -2.22. The van der Waals surface area contributed by atoms with Gasteiger partial charge in [0.2, 0.25) is 5.91 Å². The summed E-state index contributed by atoms with van der Waals surface area (Å²) in [5.41, 5.74) is 0.962. The fourth-order valence-electron chi connectivity index (χ4n) is 2.46. The van der Waals surface area contributed by atoms with E-state index in [1.54, 1.807) is 14.2 Å². The molecule has 1 fully saturated rings. The van der Waals surface area contributed by atoms with Gasteiger partial charge in [-0.1, -0.05) is 6.42 Å². The first kappa shape index (κ1) is 19.1. The maximum Gasteiger partial charge on any atom is 0.237 e. The molecule has 1 aromatic carbocycles. The molecule has 0 bridgehead atoms. The molecule has 1 aromatic rings. The number of amides is 1. The van der Waals surface area contributed by atoms with Gasteiger partial charge in [-0.25, -0.2) is 0 Å². The van der Waals surface area contributed by atoms with Gasteiger partial charge in [0.1, 0.15) is 0 Å². The van der Waals surface area contributed by atoms with Crippen LogP contribution < -0.4 is 20.1 Å². The Bertz CT molecular complexity index is 508. The molecule has 0 saturated carbocycles. The number of carbonyl (C=O) groups excluding carboxylic acids is 1. The molecule has 1 unspecified atom stereocenters. The van der Waals surface area contributed by atoms with Crippen LogP contribution in [0.5, 0.6) is 11.5 Å². The van der Waals surface area contributed by atoms with Gasteiger partial charge in [0, 0.05) is 6.54 Å². The summed E-state index contributed by atoms with van der Waals surface area (Å²) in [5.74, 6) is 1.36. The normalized spacial score (nSPS) is 17.3. The van der Waals surface area contributed by atoms with E-state index in [1.165, 1.54) is 0 Å². The molecule has 22 heavy (non-hydrogen) atoms. The minimum Gasteiger partial charge on any atom is -0.493 e. The molecule has 1 heterocycles. The summed E-state index contributed by atoms with van der Waals surface area (Å²) >= 11 is 3.45. The van der Waals surface area contributed by atoms with Gasteiger partial charge < -0.3 is 20.1 Å². The molecule has 7 heteroatoms. The van der Waals surface area contributed by atoms with Gasteiger partial charge in [-0.15, -0.1) is 12.4 Å². The van der Waals surface area contributed by atoms with E-state index in [0.29, 0.717) is 18.0 Å². The molecular formula is C15H22BrClN2O3. The van der Waals surface area contributed by atoms with Crippen LogP contribution in [0.3, 0.4) is 0 Å². The van der Waals surface area contributed by atoms with Crippen molar-refractivity contribution in [3.63, 3.8) is 0 Å². The van der Waals surface area contributed by atoms with E-state index in [0.717, 1.165) is 35.8 Å². The Morgan fingerprint density at radius 3 is 2.73 bits per heavy atom. The summed E-state index contributed by atoms with van der Waals surface area (Å²) in [6.45, 7) is 1.38. The number of hydrogen-bond acceptors (Lipinski definition) is 4. The minimum atomic E-state index is -0.0673. The first-order valence-electron chi connectivity index (χ1n) is 7.07. The van der Waals surface area contributed by atoms with E-state index < -0.39 is 0 Å². The van der Waals surface area contributed by atoms with Crippen molar-refractivity contribution >= 4 is 34.2 Å². The lowest BCUT2D eigenvalue weighted by Crippen LogP contribution is -2.46. The van der Waals surface area contributed by atoms with Gasteiger partial charge >= 0.3 is 0 Å². The van der Waals surface area contributed by atoms with Gasteiger partial charge in [0.15, 0.2) is 11.5 Å². The highest BCUT2D eigenvalue weighted by molar-refractivity contribution is 9.10. The second kappa shape index (κ2) is 9.22. The summed E-state index contributed by atoms with van der Waals surface area (Å²) in [4.78, 5) is 12.1. The molecule has 2 rings (SSSR count). The van der Waals surface area contributed by atoms with E-state index in [-0.39, 0.29) is 24.4 Å². The maximum atomic E-state index is 12.1. The molecule has 1 atom stereocenters. The van der Waals surface area contributed by atoms with Crippen LogP contribution in [0.15, 0.2) is 16.6 Å². The lowest BCUT2D eigenvalue weighted by atomic mass is 10.0. The van der Waals surface area contributed by atoms with Gasteiger partial charge in [-0.3, -0.25) is 4.79 Å². The number of rotatable bonds is 5. The van der Waals surface area contributed by atoms with Crippen molar-refractivity contribution in [3.05, 3.63) is 22.2 Å². The summed E-state index contributed by atoms with van der Waals surface area (Å²) < 4.78 is 11.4. The van der Waals surface area contributed by atoms with Crippen molar-refractivity contribution in [1.29, 1.82) is 0 Å². The van der Waals surface area contributed by atoms with Gasteiger partial charge in [0.25, 0.3) is 0 Å². The average Bonchev–Trinajstić information content (AvgIpc) is 2.52. The van der Waals surface area contributed by atoms with E-state index in [2.05, 4.69) is 26.6 Å². The van der Waals surface area contributed by atoms with E-state index in [9.17, 15) is 4.79 Å². The number of carbonyl (C=O) groups is 1. The van der Waals surface area contributed by atoms with Crippen molar-refractivity contribution in [1.82, 2.24) is 10.6 Å². The predicted octanol–water partition coefficient (Wildman–Crippen LogP) is 2.65. The molecular weight excluding hydrogens is 372 g/mol. The minimum absolute atomic E-state index is 0. The molecule has 1 aliphatic heterocycles. The molecule has 0 aromatic heterocycles. The maximum absolute atomic E-state index is 12.1. The third-order valence-corrected chi connectivity index (χ3v) is 4.18. The largest absolute Gasteiger partial charge is 0.493 e. The number of methoxy groups -OCH3 is 2. The number of piperidine rings is 1. The third-order valence-electron chi connectivity index (χ3n) is 3.59. The Morgan fingerprint density at radius 1 is 1.36 bits per heavy atom. The fourth-order valence-corrected chi connectivity index (χ4v) is 3.11. The molecule has 0 radical (unpaired) electrons. The van der Waals surface area contributed by atoms with E-state index in [1.807, 2.05) is 12.1 Å². The number of benzene rings is 1. The van der Waals surface area contributed by atoms with Crippen LogP contribution in [0, 0.1) is 0 Å². The molecule has 1 saturated heterocycles. The molecule has 0 aliphatic carbocycles. The Labute approximate surface area is 145 Å². The Hall–Kier alpha value is -0.980. The van der Waals surface area contributed by atoms with Crippen LogP contribution in [0.4, 0.5) is 0 Å². The van der Waals surface area contributed by atoms with Gasteiger partial charge in [0.05, 0.1) is 24.7 Å². The number of nitrogens with one attached hydrogen (secondary N) is 2. The lowest BCUT2D eigenvalue weighted by molar-refractivity contribution is -0.123. The predicted molar refractivity (Wildman–Crippen MR) is 92.0 cm³/mol. The van der Waals surface area contributed by atoms with E-state index >= 15 is 0 Å². The highest BCUT2D eigenvalue weighted by Crippen LogP contribution is 2.36. The van der Waals surface area contributed by atoms with Crippen molar-refractivity contribution in [2.45, 2.75) is 31.8 Å². The van der Waals surface area contributed by atoms with E-state index in [4.69, 9.17) is 9.47 Å². The number of hydrogen-bond donors (Lipinski definition) is 2. The molecule has 124 valence electrons. The van der Waals surface area contributed by atoms with Crippen molar-refractivity contribution < 1.29 is 14.3 Å². The first-order valence-corrected chi connectivity index (χ1v) is 7.86. The van der Waals surface area contributed by atoms with Crippen molar-refractivity contribution in [2.24, 2.45) is 0 Å². The zero-order valence-corrected chi connectivity index (χ0v) is 15.2. The van der Waals surface area contributed by atoms with Crippen molar-refractivity contribution in [2.75, 3.05) is 20.8 Å². The van der Waals surface area contributed by atoms with Crippen LogP contribution in [-0.4, -0.2) is 32.7 Å². The summed E-state index contributed by atoms with van der Waals surface area (Å²) in [7, 11) is 3.19. The zero-order valence-electron chi connectivity index (χ0n) is 12.8. The van der Waals surface area contributed by atoms with Gasteiger partial charge in [-0.05, 0) is 53.0 Å².